The van der Waals surface area contributed by atoms with E-state index in [2.05, 4.69) is 15.0 Å². The summed E-state index contributed by atoms with van der Waals surface area (Å²) in [7, 11) is 0. The Morgan fingerprint density at radius 1 is 1.25 bits per heavy atom. The van der Waals surface area contributed by atoms with Crippen LogP contribution in [-0.4, -0.2) is 17.5 Å². The first kappa shape index (κ1) is 15.9. The van der Waals surface area contributed by atoms with Crippen LogP contribution in [0, 0.1) is 6.92 Å². The minimum atomic E-state index is -2.87. The number of amides is 1. The van der Waals surface area contributed by atoms with Crippen LogP contribution in [-0.2, 0) is 11.2 Å². The second-order valence-corrected chi connectivity index (χ2v) is 5.16. The second-order valence-electron chi connectivity index (χ2n) is 5.16. The Labute approximate surface area is 136 Å². The van der Waals surface area contributed by atoms with Gasteiger partial charge < -0.3 is 14.5 Å². The van der Waals surface area contributed by atoms with Crippen LogP contribution in [0.4, 0.5) is 14.5 Å². The molecule has 3 rings (SSSR count). The van der Waals surface area contributed by atoms with Gasteiger partial charge in [-0.25, -0.2) is 4.98 Å². The van der Waals surface area contributed by atoms with E-state index < -0.39 is 6.61 Å². The van der Waals surface area contributed by atoms with E-state index in [0.29, 0.717) is 28.2 Å². The van der Waals surface area contributed by atoms with Gasteiger partial charge in [-0.3, -0.25) is 4.79 Å². The average Bonchev–Trinajstić information content (AvgIpc) is 2.88. The summed E-state index contributed by atoms with van der Waals surface area (Å²) in [6.45, 7) is -1.12. The Hall–Kier alpha value is -2.96. The van der Waals surface area contributed by atoms with Gasteiger partial charge in [-0.2, -0.15) is 8.78 Å². The number of ether oxygens (including phenoxy) is 1. The maximum Gasteiger partial charge on any atom is 0.387 e. The highest BCUT2D eigenvalue weighted by Gasteiger charge is 2.08. The number of carbonyl (C=O) groups is 1. The van der Waals surface area contributed by atoms with Crippen molar-refractivity contribution in [2.24, 2.45) is 0 Å². The molecule has 3 aromatic rings. The molecule has 24 heavy (non-hydrogen) atoms. The Morgan fingerprint density at radius 3 is 2.71 bits per heavy atom. The van der Waals surface area contributed by atoms with Crippen molar-refractivity contribution >= 4 is 22.7 Å². The van der Waals surface area contributed by atoms with Crippen LogP contribution in [0.25, 0.3) is 11.1 Å². The quantitative estimate of drug-likeness (QED) is 0.769. The lowest BCUT2D eigenvalue weighted by Crippen LogP contribution is -2.14. The summed E-state index contributed by atoms with van der Waals surface area (Å²) in [4.78, 5) is 16.3. The highest BCUT2D eigenvalue weighted by atomic mass is 19.3. The van der Waals surface area contributed by atoms with E-state index in [0.717, 1.165) is 0 Å². The predicted octanol–water partition coefficient (Wildman–Crippen LogP) is 3.92. The molecule has 0 atom stereocenters. The number of rotatable bonds is 5. The number of alkyl halides is 2. The minimum absolute atomic E-state index is 0.0565. The molecule has 1 amide bonds. The smallest absolute Gasteiger partial charge is 0.387 e. The molecule has 7 heteroatoms. The lowest BCUT2D eigenvalue weighted by atomic mass is 10.1. The number of oxazole rings is 1. The van der Waals surface area contributed by atoms with E-state index in [1.807, 2.05) is 0 Å². The molecule has 0 unspecified atom stereocenters. The zero-order chi connectivity index (χ0) is 17.1. The van der Waals surface area contributed by atoms with Crippen molar-refractivity contribution in [2.75, 3.05) is 5.32 Å². The standard InChI is InChI=1S/C17H14F2N2O3/c1-10-20-14-9-12(4-7-15(14)23-10)21-16(22)8-11-2-5-13(6-3-11)24-17(18)19/h2-7,9,17H,8H2,1H3,(H,21,22). The Bertz CT molecular complexity index is 860. The van der Waals surface area contributed by atoms with Gasteiger partial charge in [-0.05, 0) is 35.9 Å². The summed E-state index contributed by atoms with van der Waals surface area (Å²) in [6.07, 6.45) is 0.116. The summed E-state index contributed by atoms with van der Waals surface area (Å²) in [5.74, 6) is 0.387. The van der Waals surface area contributed by atoms with E-state index >= 15 is 0 Å². The summed E-state index contributed by atoms with van der Waals surface area (Å²) in [5, 5.41) is 2.77. The average molecular weight is 332 g/mol. The van der Waals surface area contributed by atoms with Crippen molar-refractivity contribution < 1.29 is 22.7 Å². The maximum absolute atomic E-state index is 12.1. The summed E-state index contributed by atoms with van der Waals surface area (Å²) in [5.41, 5.74) is 2.62. The predicted molar refractivity (Wildman–Crippen MR) is 84.2 cm³/mol. The minimum Gasteiger partial charge on any atom is -0.441 e. The summed E-state index contributed by atoms with van der Waals surface area (Å²) < 4.78 is 33.8. The van der Waals surface area contributed by atoms with Crippen LogP contribution in [0.3, 0.4) is 0 Å². The molecule has 0 radical (unpaired) electrons. The number of benzene rings is 2. The summed E-state index contributed by atoms with van der Waals surface area (Å²) in [6, 6.07) is 11.1. The molecule has 0 bridgehead atoms. The van der Waals surface area contributed by atoms with Gasteiger partial charge in [0.1, 0.15) is 11.3 Å². The van der Waals surface area contributed by atoms with E-state index in [4.69, 9.17) is 4.42 Å². The number of aryl methyl sites for hydroxylation is 1. The molecule has 1 aromatic heterocycles. The first-order chi connectivity index (χ1) is 11.5. The number of anilines is 1. The largest absolute Gasteiger partial charge is 0.441 e. The molecule has 2 aromatic carbocycles. The van der Waals surface area contributed by atoms with Crippen molar-refractivity contribution in [3.8, 4) is 5.75 Å². The van der Waals surface area contributed by atoms with E-state index in [1.54, 1.807) is 37.3 Å². The van der Waals surface area contributed by atoms with Gasteiger partial charge >= 0.3 is 6.61 Å². The third-order valence-corrected chi connectivity index (χ3v) is 3.29. The van der Waals surface area contributed by atoms with Crippen LogP contribution >= 0.6 is 0 Å². The zero-order valence-electron chi connectivity index (χ0n) is 12.8. The van der Waals surface area contributed by atoms with Crippen LogP contribution in [0.1, 0.15) is 11.5 Å². The number of aromatic nitrogens is 1. The van der Waals surface area contributed by atoms with Crippen LogP contribution < -0.4 is 10.1 Å². The van der Waals surface area contributed by atoms with Crippen molar-refractivity contribution in [1.82, 2.24) is 4.98 Å². The molecule has 0 spiro atoms. The van der Waals surface area contributed by atoms with Crippen LogP contribution in [0.2, 0.25) is 0 Å². The molecule has 124 valence electrons. The van der Waals surface area contributed by atoms with Crippen LogP contribution in [0.5, 0.6) is 5.75 Å². The lowest BCUT2D eigenvalue weighted by molar-refractivity contribution is -0.115. The van der Waals surface area contributed by atoms with Crippen molar-refractivity contribution in [1.29, 1.82) is 0 Å². The van der Waals surface area contributed by atoms with Gasteiger partial charge in [0.15, 0.2) is 11.5 Å². The van der Waals surface area contributed by atoms with Gasteiger partial charge in [0, 0.05) is 12.6 Å². The molecule has 5 nitrogen and oxygen atoms in total. The highest BCUT2D eigenvalue weighted by Crippen LogP contribution is 2.20. The number of nitrogens with zero attached hydrogens (tertiary/aromatic N) is 1. The zero-order valence-corrected chi connectivity index (χ0v) is 12.8. The molecule has 1 N–H and O–H groups in total. The number of hydrogen-bond acceptors (Lipinski definition) is 4. The first-order valence-electron chi connectivity index (χ1n) is 7.20. The third kappa shape index (κ3) is 3.87. The number of fused-ring (bicyclic) bond motifs is 1. The Morgan fingerprint density at radius 2 is 2.00 bits per heavy atom. The molecular formula is C17H14F2N2O3. The topological polar surface area (TPSA) is 64.4 Å². The molecule has 0 fully saturated rings. The van der Waals surface area contributed by atoms with Gasteiger partial charge in [0.25, 0.3) is 0 Å². The Kier molecular flexibility index (Phi) is 4.41. The fourth-order valence-corrected chi connectivity index (χ4v) is 2.30. The van der Waals surface area contributed by atoms with Crippen molar-refractivity contribution in [3.63, 3.8) is 0 Å². The molecule has 0 saturated carbocycles. The fraction of sp³-hybridized carbons (Fsp3) is 0.176. The van der Waals surface area contributed by atoms with Crippen molar-refractivity contribution in [3.05, 3.63) is 53.9 Å². The number of nitrogens with one attached hydrogen (secondary N) is 1. The second kappa shape index (κ2) is 6.66. The molecule has 1 heterocycles. The van der Waals surface area contributed by atoms with E-state index in [-0.39, 0.29) is 18.1 Å². The van der Waals surface area contributed by atoms with E-state index in [1.165, 1.54) is 12.1 Å². The van der Waals surface area contributed by atoms with Gasteiger partial charge in [-0.15, -0.1) is 0 Å². The fourth-order valence-electron chi connectivity index (χ4n) is 2.30. The molecule has 0 saturated heterocycles. The summed E-state index contributed by atoms with van der Waals surface area (Å²) >= 11 is 0. The first-order valence-corrected chi connectivity index (χ1v) is 7.20. The Balaban J connectivity index is 1.63. The molecular weight excluding hydrogens is 318 g/mol. The van der Waals surface area contributed by atoms with Crippen molar-refractivity contribution in [2.45, 2.75) is 20.0 Å². The monoisotopic (exact) mass is 332 g/mol. The number of carbonyl (C=O) groups excluding carboxylic acids is 1. The van der Waals surface area contributed by atoms with Gasteiger partial charge in [0.05, 0.1) is 6.42 Å². The molecule has 0 aliphatic heterocycles. The number of halogens is 2. The normalized spacial score (nSPS) is 11.0. The molecule has 0 aliphatic carbocycles. The van der Waals surface area contributed by atoms with Crippen LogP contribution in [0.15, 0.2) is 46.9 Å². The highest BCUT2D eigenvalue weighted by molar-refractivity contribution is 5.94. The third-order valence-electron chi connectivity index (χ3n) is 3.29. The van der Waals surface area contributed by atoms with Gasteiger partial charge in [-0.1, -0.05) is 12.1 Å². The SMILES string of the molecule is Cc1nc2cc(NC(=O)Cc3ccc(OC(F)F)cc3)ccc2o1. The molecule has 0 aliphatic rings. The maximum atomic E-state index is 12.1. The number of hydrogen-bond donors (Lipinski definition) is 1. The lowest BCUT2D eigenvalue weighted by Gasteiger charge is -2.07. The van der Waals surface area contributed by atoms with E-state index in [9.17, 15) is 13.6 Å². The van der Waals surface area contributed by atoms with Gasteiger partial charge in [0.2, 0.25) is 5.91 Å².